The minimum absolute atomic E-state index is 0. The lowest BCUT2D eigenvalue weighted by molar-refractivity contribution is -0.697. The molecule has 0 aliphatic heterocycles. The molecule has 0 aliphatic carbocycles. The number of allylic oxidation sites excluding steroid dienone is 2. The molecular weight excluding hydrogens is 458 g/mol. The van der Waals surface area contributed by atoms with Crippen molar-refractivity contribution in [1.82, 2.24) is 0 Å². The Hall–Kier alpha value is -1.60. The molecule has 202 valence electrons. The molecule has 0 aliphatic rings. The van der Waals surface area contributed by atoms with Crippen LogP contribution in [0.25, 0.3) is 0 Å². The Kier molecular flexibility index (Phi) is 21.4. The molecule has 0 saturated heterocycles. The van der Waals surface area contributed by atoms with Crippen LogP contribution in [-0.2, 0) is 19.4 Å². The lowest BCUT2D eigenvalue weighted by atomic mass is 10.0. The monoisotopic (exact) mass is 511 g/mol. The predicted octanol–water partition coefficient (Wildman–Crippen LogP) is 6.97. The van der Waals surface area contributed by atoms with E-state index in [0.29, 0.717) is 0 Å². The molecule has 1 aromatic heterocycles. The van der Waals surface area contributed by atoms with Crippen LogP contribution in [0.15, 0.2) is 67.0 Å². The van der Waals surface area contributed by atoms with E-state index in [0.717, 1.165) is 6.54 Å². The number of hydrogen-bond donors (Lipinski definition) is 0. The van der Waals surface area contributed by atoms with Gasteiger partial charge in [0.15, 0.2) is 12.4 Å². The Morgan fingerprint density at radius 2 is 1.00 bits per heavy atom. The third kappa shape index (κ3) is 17.8. The largest absolute Gasteiger partial charge is 1.00 e. The number of benzene rings is 1. The number of nitrogens with zero attached hydrogens (tertiary/aromatic N) is 1. The number of halogens is 1. The van der Waals surface area contributed by atoms with Gasteiger partial charge in [-0.25, -0.2) is 4.57 Å². The third-order valence-electron chi connectivity index (χ3n) is 7.16. The zero-order valence-corrected chi connectivity index (χ0v) is 24.1. The van der Waals surface area contributed by atoms with Gasteiger partial charge in [0, 0.05) is 18.6 Å². The lowest BCUT2D eigenvalue weighted by Gasteiger charge is -2.03. The highest BCUT2D eigenvalue weighted by Crippen LogP contribution is 2.12. The van der Waals surface area contributed by atoms with E-state index in [-0.39, 0.29) is 12.4 Å². The second-order valence-corrected chi connectivity index (χ2v) is 10.4. The van der Waals surface area contributed by atoms with Crippen LogP contribution in [0.5, 0.6) is 0 Å². The van der Waals surface area contributed by atoms with Gasteiger partial charge >= 0.3 is 0 Å². The van der Waals surface area contributed by atoms with Crippen LogP contribution in [0.3, 0.4) is 0 Å². The van der Waals surface area contributed by atoms with Crippen LogP contribution in [0.1, 0.15) is 127 Å². The van der Waals surface area contributed by atoms with E-state index in [1.165, 1.54) is 133 Å². The van der Waals surface area contributed by atoms with E-state index in [9.17, 15) is 0 Å². The van der Waals surface area contributed by atoms with Crippen molar-refractivity contribution in [1.29, 1.82) is 0 Å². The summed E-state index contributed by atoms with van der Waals surface area (Å²) in [5, 5.41) is 0. The lowest BCUT2D eigenvalue weighted by Crippen LogP contribution is -3.00. The van der Waals surface area contributed by atoms with Crippen molar-refractivity contribution >= 4 is 0 Å². The van der Waals surface area contributed by atoms with E-state index in [1.807, 2.05) is 0 Å². The van der Waals surface area contributed by atoms with E-state index >= 15 is 0 Å². The minimum atomic E-state index is 0. The van der Waals surface area contributed by atoms with Gasteiger partial charge < -0.3 is 12.4 Å². The first-order chi connectivity index (χ1) is 17.4. The maximum absolute atomic E-state index is 2.43. The molecule has 1 nitrogen and oxygen atoms in total. The smallest absolute Gasteiger partial charge is 0.169 e. The van der Waals surface area contributed by atoms with E-state index in [1.54, 1.807) is 0 Å². The van der Waals surface area contributed by atoms with Crippen molar-refractivity contribution in [3.8, 4) is 0 Å². The Morgan fingerprint density at radius 1 is 0.528 bits per heavy atom. The number of hydrogen-bond acceptors (Lipinski definition) is 0. The van der Waals surface area contributed by atoms with Gasteiger partial charge in [-0.3, -0.25) is 0 Å². The van der Waals surface area contributed by atoms with Crippen LogP contribution in [-0.4, -0.2) is 0 Å². The molecule has 0 bridgehead atoms. The van der Waals surface area contributed by atoms with E-state index in [4.69, 9.17) is 0 Å². The predicted molar refractivity (Wildman–Crippen MR) is 154 cm³/mol. The van der Waals surface area contributed by atoms with Gasteiger partial charge in [-0.1, -0.05) is 114 Å². The van der Waals surface area contributed by atoms with Crippen LogP contribution < -0.4 is 17.0 Å². The molecule has 0 radical (unpaired) electrons. The van der Waals surface area contributed by atoms with Gasteiger partial charge in [-0.15, -0.1) is 0 Å². The first kappa shape index (κ1) is 32.4. The summed E-state index contributed by atoms with van der Waals surface area (Å²) in [5.41, 5.74) is 2.96. The van der Waals surface area contributed by atoms with Gasteiger partial charge in [-0.2, -0.15) is 0 Å². The second kappa shape index (κ2) is 23.8. The number of aryl methyl sites for hydroxylation is 3. The Bertz CT molecular complexity index is 738. The van der Waals surface area contributed by atoms with Crippen LogP contribution in [0.4, 0.5) is 0 Å². The average molecular weight is 512 g/mol. The highest BCUT2D eigenvalue weighted by atomic mass is 35.5. The summed E-state index contributed by atoms with van der Waals surface area (Å²) >= 11 is 0. The molecule has 0 amide bonds. The minimum Gasteiger partial charge on any atom is -1.00 e. The van der Waals surface area contributed by atoms with Crippen LogP contribution >= 0.6 is 0 Å². The Labute approximate surface area is 230 Å². The van der Waals surface area contributed by atoms with Gasteiger partial charge in [-0.05, 0) is 62.5 Å². The Morgan fingerprint density at radius 3 is 1.58 bits per heavy atom. The topological polar surface area (TPSA) is 3.88 Å². The summed E-state index contributed by atoms with van der Waals surface area (Å²) in [6, 6.07) is 15.5. The molecular formula is C34H54ClN. The van der Waals surface area contributed by atoms with Gasteiger partial charge in [0.1, 0.15) is 6.54 Å². The summed E-state index contributed by atoms with van der Waals surface area (Å²) in [6.07, 6.45) is 35.1. The molecule has 1 heterocycles. The summed E-state index contributed by atoms with van der Waals surface area (Å²) in [7, 11) is 0. The fraction of sp³-hybridized carbons (Fsp3) is 0.618. The number of rotatable bonds is 22. The van der Waals surface area contributed by atoms with Gasteiger partial charge in [0.2, 0.25) is 0 Å². The van der Waals surface area contributed by atoms with Gasteiger partial charge in [0.05, 0.1) is 0 Å². The second-order valence-electron chi connectivity index (χ2n) is 10.4. The summed E-state index contributed by atoms with van der Waals surface area (Å²) in [5.74, 6) is 0. The maximum atomic E-state index is 2.43. The zero-order valence-electron chi connectivity index (χ0n) is 23.3. The quantitative estimate of drug-likeness (QED) is 0.0912. The van der Waals surface area contributed by atoms with Crippen molar-refractivity contribution in [2.45, 2.75) is 135 Å². The summed E-state index contributed by atoms with van der Waals surface area (Å²) in [6.45, 7) is 3.42. The van der Waals surface area contributed by atoms with Crippen molar-refractivity contribution in [2.75, 3.05) is 0 Å². The fourth-order valence-electron chi connectivity index (χ4n) is 4.83. The molecule has 2 heteroatoms. The highest BCUT2D eigenvalue weighted by Gasteiger charge is 2.02. The number of unbranched alkanes of at least 4 members (excludes halogenated alkanes) is 14. The number of aromatic nitrogens is 1. The molecule has 0 spiro atoms. The van der Waals surface area contributed by atoms with Crippen LogP contribution in [0.2, 0.25) is 0 Å². The van der Waals surface area contributed by atoms with Crippen LogP contribution in [0, 0.1) is 0 Å². The van der Waals surface area contributed by atoms with Crippen molar-refractivity contribution < 1.29 is 17.0 Å². The molecule has 0 unspecified atom stereocenters. The average Bonchev–Trinajstić information content (AvgIpc) is 2.90. The molecule has 0 saturated carbocycles. The molecule has 0 N–H and O–H groups in total. The first-order valence-electron chi connectivity index (χ1n) is 15.1. The van der Waals surface area contributed by atoms with E-state index in [2.05, 4.69) is 78.5 Å². The molecule has 0 fully saturated rings. The Balaban J connectivity index is 0.00000648. The standard InChI is InChI=1S/C34H54N.ClH/c1-2-3-4-5-6-7-8-9-10-11-12-13-14-15-16-17-19-26-34-28-31-35(32-29-34)30-23-22-27-33-24-20-18-21-25-33;/h9-10,18,20-21,24-25,28-29,31-32H,2-8,11-17,19,22-23,26-27,30H2,1H3;1H/q+1;/p-1/b10-9-;. The van der Waals surface area contributed by atoms with Crippen molar-refractivity contribution in [2.24, 2.45) is 0 Å². The summed E-state index contributed by atoms with van der Waals surface area (Å²) < 4.78 is 2.35. The maximum Gasteiger partial charge on any atom is 0.169 e. The highest BCUT2D eigenvalue weighted by molar-refractivity contribution is 5.14. The third-order valence-corrected chi connectivity index (χ3v) is 7.16. The fourth-order valence-corrected chi connectivity index (χ4v) is 4.83. The normalized spacial score (nSPS) is 11.1. The molecule has 1 aromatic carbocycles. The molecule has 2 aromatic rings. The first-order valence-corrected chi connectivity index (χ1v) is 15.1. The number of pyridine rings is 1. The van der Waals surface area contributed by atoms with Crippen molar-refractivity contribution in [3.05, 3.63) is 78.1 Å². The summed E-state index contributed by atoms with van der Waals surface area (Å²) in [4.78, 5) is 0. The van der Waals surface area contributed by atoms with Crippen molar-refractivity contribution in [3.63, 3.8) is 0 Å². The molecule has 0 atom stereocenters. The van der Waals surface area contributed by atoms with E-state index < -0.39 is 0 Å². The SMILES string of the molecule is CCCCCCCC/C=C\CCCCCCCCCc1cc[n+](CCCCc2ccccc2)cc1.[Cl-]. The van der Waals surface area contributed by atoms with Gasteiger partial charge in [0.25, 0.3) is 0 Å². The molecule has 2 rings (SSSR count). The molecule has 36 heavy (non-hydrogen) atoms. The zero-order chi connectivity index (χ0) is 24.7.